The molecule has 0 aromatic heterocycles. The van der Waals surface area contributed by atoms with Gasteiger partial charge in [0.05, 0.1) is 11.8 Å². The fourth-order valence-corrected chi connectivity index (χ4v) is 4.13. The maximum atomic E-state index is 12.9. The number of hydrogen-bond acceptors (Lipinski definition) is 2. The lowest BCUT2D eigenvalue weighted by molar-refractivity contribution is -0.146. The van der Waals surface area contributed by atoms with E-state index in [0.29, 0.717) is 0 Å². The summed E-state index contributed by atoms with van der Waals surface area (Å²) in [4.78, 5) is 24.7. The van der Waals surface area contributed by atoms with Crippen LogP contribution in [0.4, 0.5) is 5.69 Å². The molecule has 24 heavy (non-hydrogen) atoms. The van der Waals surface area contributed by atoms with Gasteiger partial charge in [-0.2, -0.15) is 0 Å². The number of carbonyl (C=O) groups excluding carboxylic acids is 1. The van der Waals surface area contributed by atoms with E-state index in [0.717, 1.165) is 28.0 Å². The maximum Gasteiger partial charge on any atom is 0.308 e. The molecule has 1 aromatic rings. The molecule has 1 amide bonds. The summed E-state index contributed by atoms with van der Waals surface area (Å²) in [6, 6.07) is 5.88. The van der Waals surface area contributed by atoms with E-state index >= 15 is 0 Å². The molecule has 4 heteroatoms. The van der Waals surface area contributed by atoms with Gasteiger partial charge >= 0.3 is 5.97 Å². The van der Waals surface area contributed by atoms with Gasteiger partial charge in [-0.1, -0.05) is 35.4 Å². The number of carbonyl (C=O) groups is 2. The zero-order valence-corrected chi connectivity index (χ0v) is 14.5. The van der Waals surface area contributed by atoms with Crippen LogP contribution < -0.4 is 5.32 Å². The lowest BCUT2D eigenvalue weighted by Gasteiger charge is -2.23. The summed E-state index contributed by atoms with van der Waals surface area (Å²) < 4.78 is 0. The van der Waals surface area contributed by atoms with E-state index in [2.05, 4.69) is 5.32 Å². The van der Waals surface area contributed by atoms with Gasteiger partial charge in [-0.25, -0.2) is 0 Å². The van der Waals surface area contributed by atoms with E-state index in [1.54, 1.807) is 0 Å². The van der Waals surface area contributed by atoms with Crippen LogP contribution in [0.15, 0.2) is 41.5 Å². The number of hydrogen-bond donors (Lipinski definition) is 2. The third kappa shape index (κ3) is 2.56. The van der Waals surface area contributed by atoms with Gasteiger partial charge < -0.3 is 10.4 Å². The van der Waals surface area contributed by atoms with Crippen LogP contribution in [0.2, 0.25) is 0 Å². The van der Waals surface area contributed by atoms with Crippen molar-refractivity contribution in [1.82, 2.24) is 0 Å². The number of allylic oxidation sites excluding steroid dienone is 4. The van der Waals surface area contributed by atoms with Crippen molar-refractivity contribution in [1.29, 1.82) is 0 Å². The number of aliphatic carboxylic acids is 1. The molecular weight excluding hydrogens is 302 g/mol. The SMILES string of the molecule is CC(C)=C1[C@H]2C=C[C@@H]1[C@@H](C(=O)Nc1cc(C)ccc1C)[C@@H]2C(=O)O. The Kier molecular flexibility index (Phi) is 4.08. The van der Waals surface area contributed by atoms with Crippen molar-refractivity contribution in [2.45, 2.75) is 27.7 Å². The van der Waals surface area contributed by atoms with Crippen molar-refractivity contribution in [2.75, 3.05) is 5.32 Å². The van der Waals surface area contributed by atoms with Crippen molar-refractivity contribution in [2.24, 2.45) is 23.7 Å². The first-order valence-electron chi connectivity index (χ1n) is 8.27. The van der Waals surface area contributed by atoms with Crippen molar-refractivity contribution >= 4 is 17.6 Å². The van der Waals surface area contributed by atoms with E-state index in [-0.39, 0.29) is 17.7 Å². The Hall–Kier alpha value is -2.36. The quantitative estimate of drug-likeness (QED) is 0.833. The summed E-state index contributed by atoms with van der Waals surface area (Å²) in [6.07, 6.45) is 3.95. The van der Waals surface area contributed by atoms with Gasteiger partial charge in [0.25, 0.3) is 0 Å². The van der Waals surface area contributed by atoms with Crippen molar-refractivity contribution in [3.8, 4) is 0 Å². The molecule has 0 heterocycles. The lowest BCUT2D eigenvalue weighted by Crippen LogP contribution is -2.36. The van der Waals surface area contributed by atoms with Gasteiger partial charge in [-0.05, 0) is 44.9 Å². The molecule has 0 spiro atoms. The third-order valence-corrected chi connectivity index (χ3v) is 5.22. The summed E-state index contributed by atoms with van der Waals surface area (Å²) in [7, 11) is 0. The van der Waals surface area contributed by atoms with Crippen molar-refractivity contribution in [3.63, 3.8) is 0 Å². The van der Waals surface area contributed by atoms with E-state index in [1.807, 2.05) is 58.0 Å². The van der Waals surface area contributed by atoms with Crippen LogP contribution in [0.1, 0.15) is 25.0 Å². The first-order valence-corrected chi connectivity index (χ1v) is 8.27. The lowest BCUT2D eigenvalue weighted by atomic mass is 9.82. The summed E-state index contributed by atoms with van der Waals surface area (Å²) in [5.41, 5.74) is 5.01. The Morgan fingerprint density at radius 2 is 1.67 bits per heavy atom. The van der Waals surface area contributed by atoms with Gasteiger partial charge in [0.15, 0.2) is 0 Å². The Morgan fingerprint density at radius 3 is 2.25 bits per heavy atom. The second-order valence-electron chi connectivity index (χ2n) is 7.09. The molecule has 1 fully saturated rings. The Labute approximate surface area is 142 Å². The molecule has 126 valence electrons. The van der Waals surface area contributed by atoms with Crippen molar-refractivity contribution in [3.05, 3.63) is 52.6 Å². The summed E-state index contributed by atoms with van der Waals surface area (Å²) >= 11 is 0. The van der Waals surface area contributed by atoms with Crippen LogP contribution in [0.3, 0.4) is 0 Å². The molecule has 1 aromatic carbocycles. The van der Waals surface area contributed by atoms with Crippen LogP contribution in [0.5, 0.6) is 0 Å². The van der Waals surface area contributed by atoms with E-state index < -0.39 is 17.8 Å². The van der Waals surface area contributed by atoms with Gasteiger partial charge in [-0.3, -0.25) is 9.59 Å². The van der Waals surface area contributed by atoms with Crippen molar-refractivity contribution < 1.29 is 14.7 Å². The highest BCUT2D eigenvalue weighted by Crippen LogP contribution is 2.53. The average molecular weight is 325 g/mol. The van der Waals surface area contributed by atoms with Crippen LogP contribution in [0, 0.1) is 37.5 Å². The van der Waals surface area contributed by atoms with Crippen LogP contribution in [0.25, 0.3) is 0 Å². The standard InChI is InChI=1S/C20H23NO3/c1-10(2)16-13-7-8-14(16)18(20(23)24)17(13)19(22)21-15-9-11(3)5-6-12(15)4/h5-9,13-14,17-18H,1-4H3,(H,21,22)(H,23,24)/t13-,14+,17+,18+/m0/s1. The van der Waals surface area contributed by atoms with Gasteiger partial charge in [0.2, 0.25) is 5.91 Å². The molecule has 2 aliphatic rings. The number of benzene rings is 1. The maximum absolute atomic E-state index is 12.9. The molecule has 4 atom stereocenters. The molecule has 3 rings (SSSR count). The summed E-state index contributed by atoms with van der Waals surface area (Å²) in [5, 5.41) is 12.6. The molecule has 0 radical (unpaired) electrons. The molecule has 2 N–H and O–H groups in total. The molecule has 1 saturated carbocycles. The monoisotopic (exact) mass is 325 g/mol. The smallest absolute Gasteiger partial charge is 0.308 e. The third-order valence-electron chi connectivity index (χ3n) is 5.22. The Morgan fingerprint density at radius 1 is 1.04 bits per heavy atom. The van der Waals surface area contributed by atoms with Gasteiger partial charge in [0, 0.05) is 17.5 Å². The number of carboxylic acids is 1. The number of anilines is 1. The zero-order valence-electron chi connectivity index (χ0n) is 14.5. The molecule has 2 bridgehead atoms. The highest BCUT2D eigenvalue weighted by Gasteiger charge is 2.54. The Balaban J connectivity index is 1.94. The number of nitrogens with one attached hydrogen (secondary N) is 1. The van der Waals surface area contributed by atoms with Gasteiger partial charge in [-0.15, -0.1) is 0 Å². The molecular formula is C20H23NO3. The largest absolute Gasteiger partial charge is 0.481 e. The average Bonchev–Trinajstić information content (AvgIpc) is 3.06. The van der Waals surface area contributed by atoms with Crippen LogP contribution in [-0.2, 0) is 9.59 Å². The predicted octanol–water partition coefficient (Wildman–Crippen LogP) is 3.71. The topological polar surface area (TPSA) is 66.4 Å². The first-order chi connectivity index (χ1) is 11.3. The molecule has 0 saturated heterocycles. The second kappa shape index (κ2) is 5.93. The highest BCUT2D eigenvalue weighted by atomic mass is 16.4. The molecule has 2 aliphatic carbocycles. The first kappa shape index (κ1) is 16.5. The number of carboxylic acid groups (broad SMARTS) is 1. The minimum Gasteiger partial charge on any atom is -0.481 e. The Bertz CT molecular complexity index is 771. The number of rotatable bonds is 3. The summed E-state index contributed by atoms with van der Waals surface area (Å²) in [5.74, 6) is -2.60. The van der Waals surface area contributed by atoms with E-state index in [1.165, 1.54) is 0 Å². The summed E-state index contributed by atoms with van der Waals surface area (Å²) in [6.45, 7) is 7.89. The van der Waals surface area contributed by atoms with E-state index in [9.17, 15) is 14.7 Å². The predicted molar refractivity (Wildman–Crippen MR) is 93.7 cm³/mol. The minimum atomic E-state index is -0.897. The van der Waals surface area contributed by atoms with Gasteiger partial charge in [0.1, 0.15) is 0 Å². The normalized spacial score (nSPS) is 27.4. The zero-order chi connectivity index (χ0) is 17.6. The van der Waals surface area contributed by atoms with Crippen LogP contribution >= 0.6 is 0 Å². The minimum absolute atomic E-state index is 0.105. The number of aryl methyl sites for hydroxylation is 2. The fourth-order valence-electron chi connectivity index (χ4n) is 4.13. The molecule has 0 unspecified atom stereocenters. The van der Waals surface area contributed by atoms with Crippen LogP contribution in [-0.4, -0.2) is 17.0 Å². The fraction of sp³-hybridized carbons (Fsp3) is 0.400. The number of amides is 1. The highest BCUT2D eigenvalue weighted by molar-refractivity contribution is 5.97. The molecule has 4 nitrogen and oxygen atoms in total. The van der Waals surface area contributed by atoms with E-state index in [4.69, 9.17) is 0 Å². The number of fused-ring (bicyclic) bond motifs is 2. The molecule has 0 aliphatic heterocycles. The second-order valence-corrected chi connectivity index (χ2v) is 7.09.